The first kappa shape index (κ1) is 23.6. The fraction of sp³-hybridized carbons (Fsp3) is 0.407. The van der Waals surface area contributed by atoms with E-state index in [4.69, 9.17) is 19.9 Å². The second kappa shape index (κ2) is 9.93. The maximum absolute atomic E-state index is 14.2. The molecule has 0 aliphatic carbocycles. The van der Waals surface area contributed by atoms with E-state index in [0.29, 0.717) is 43.2 Å². The van der Waals surface area contributed by atoms with Crippen LogP contribution in [0.4, 0.5) is 10.2 Å². The molecule has 37 heavy (non-hydrogen) atoms. The second-order valence-electron chi connectivity index (χ2n) is 9.80. The molecule has 1 saturated heterocycles. The summed E-state index contributed by atoms with van der Waals surface area (Å²) in [4.78, 5) is 25.6. The molecule has 2 aliphatic heterocycles. The van der Waals surface area contributed by atoms with Gasteiger partial charge in [0, 0.05) is 24.9 Å². The van der Waals surface area contributed by atoms with Crippen LogP contribution in [0.3, 0.4) is 0 Å². The third-order valence-corrected chi connectivity index (χ3v) is 7.52. The molecule has 1 fully saturated rings. The zero-order valence-electron chi connectivity index (χ0n) is 20.5. The number of rotatable bonds is 8. The molecule has 192 valence electrons. The van der Waals surface area contributed by atoms with Gasteiger partial charge in [-0.15, -0.1) is 0 Å². The number of hydrogen-bond acceptors (Lipinski definition) is 8. The van der Waals surface area contributed by atoms with Crippen LogP contribution in [-0.2, 0) is 24.2 Å². The Bertz CT molecular complexity index is 1430. The summed E-state index contributed by atoms with van der Waals surface area (Å²) in [6, 6.07) is 8.00. The van der Waals surface area contributed by atoms with Gasteiger partial charge in [0.05, 0.1) is 19.4 Å². The molecule has 0 spiro atoms. The molecule has 0 amide bonds. The molecule has 0 radical (unpaired) electrons. The van der Waals surface area contributed by atoms with E-state index in [1.54, 1.807) is 6.26 Å². The number of nitrogen functional groups attached to an aromatic ring is 1. The Kier molecular flexibility index (Phi) is 6.33. The Hall–Kier alpha value is -3.79. The minimum Gasteiger partial charge on any atom is -0.493 e. The summed E-state index contributed by atoms with van der Waals surface area (Å²) < 4.78 is 27.8. The Labute approximate surface area is 213 Å². The van der Waals surface area contributed by atoms with Gasteiger partial charge in [-0.1, -0.05) is 0 Å². The van der Waals surface area contributed by atoms with Crippen LogP contribution in [0.2, 0.25) is 0 Å². The van der Waals surface area contributed by atoms with Gasteiger partial charge in [0.1, 0.15) is 23.6 Å². The molecule has 9 nitrogen and oxygen atoms in total. The van der Waals surface area contributed by atoms with E-state index in [1.165, 1.54) is 0 Å². The van der Waals surface area contributed by atoms with Crippen molar-refractivity contribution in [3.05, 3.63) is 53.6 Å². The highest BCUT2D eigenvalue weighted by Gasteiger charge is 2.24. The lowest BCUT2D eigenvalue weighted by atomic mass is 9.93. The smallest absolute Gasteiger partial charge is 0.312 e. The van der Waals surface area contributed by atoms with E-state index in [1.807, 2.05) is 16.7 Å². The number of piperidine rings is 1. The van der Waals surface area contributed by atoms with E-state index in [2.05, 4.69) is 27.0 Å². The lowest BCUT2D eigenvalue weighted by Gasteiger charge is -2.30. The lowest BCUT2D eigenvalue weighted by Crippen LogP contribution is -2.35. The highest BCUT2D eigenvalue weighted by molar-refractivity contribution is 5.82. The van der Waals surface area contributed by atoms with Gasteiger partial charge in [0.2, 0.25) is 0 Å². The van der Waals surface area contributed by atoms with Gasteiger partial charge < -0.3 is 24.2 Å². The van der Waals surface area contributed by atoms with Gasteiger partial charge in [-0.3, -0.25) is 4.90 Å². The van der Waals surface area contributed by atoms with E-state index in [0.717, 1.165) is 79.1 Å². The van der Waals surface area contributed by atoms with Gasteiger partial charge in [-0.2, -0.15) is 14.4 Å². The quantitative estimate of drug-likeness (QED) is 0.286. The number of nitrogens with zero attached hydrogens (tertiary/aromatic N) is 5. The van der Waals surface area contributed by atoms with E-state index >= 15 is 0 Å². The van der Waals surface area contributed by atoms with Gasteiger partial charge in [-0.05, 0) is 73.7 Å². The summed E-state index contributed by atoms with van der Waals surface area (Å²) in [5.41, 5.74) is 10.0. The van der Waals surface area contributed by atoms with Crippen molar-refractivity contribution in [3.63, 3.8) is 0 Å². The van der Waals surface area contributed by atoms with Crippen LogP contribution < -0.4 is 10.5 Å². The fourth-order valence-electron chi connectivity index (χ4n) is 5.53. The Morgan fingerprint density at radius 3 is 2.84 bits per heavy atom. The average Bonchev–Trinajstić information content (AvgIpc) is 3.64. The van der Waals surface area contributed by atoms with E-state index in [9.17, 15) is 9.18 Å². The summed E-state index contributed by atoms with van der Waals surface area (Å²) in [7, 11) is 0. The van der Waals surface area contributed by atoms with Crippen molar-refractivity contribution in [1.82, 2.24) is 24.4 Å². The predicted molar refractivity (Wildman–Crippen MR) is 136 cm³/mol. The number of aldehydes is 1. The molecule has 2 aliphatic rings. The molecule has 0 bridgehead atoms. The van der Waals surface area contributed by atoms with Crippen molar-refractivity contribution in [2.75, 3.05) is 32.0 Å². The number of benzene rings is 1. The zero-order valence-corrected chi connectivity index (χ0v) is 20.5. The third kappa shape index (κ3) is 4.69. The summed E-state index contributed by atoms with van der Waals surface area (Å²) >= 11 is 0. The molecular formula is C27H29FN6O3. The number of imidazole rings is 1. The van der Waals surface area contributed by atoms with Crippen LogP contribution in [-0.4, -0.2) is 56.9 Å². The van der Waals surface area contributed by atoms with Crippen LogP contribution in [0.25, 0.3) is 22.5 Å². The average molecular weight is 505 g/mol. The number of aromatic nitrogens is 4. The number of carbonyl (C=O) groups excluding carboxylic acids is 1. The van der Waals surface area contributed by atoms with Gasteiger partial charge in [0.25, 0.3) is 0 Å². The molecule has 0 atom stereocenters. The predicted octanol–water partition coefficient (Wildman–Crippen LogP) is 3.63. The van der Waals surface area contributed by atoms with Crippen LogP contribution in [0.1, 0.15) is 36.2 Å². The number of fused-ring (bicyclic) bond motifs is 2. The number of furan rings is 1. The zero-order chi connectivity index (χ0) is 25.4. The first-order chi connectivity index (χ1) is 18.1. The molecule has 3 aromatic heterocycles. The highest BCUT2D eigenvalue weighted by Crippen LogP contribution is 2.36. The minimum atomic E-state index is -0.859. The summed E-state index contributed by atoms with van der Waals surface area (Å²) in [6.45, 7) is 3.60. The van der Waals surface area contributed by atoms with Gasteiger partial charge in [-0.25, -0.2) is 4.98 Å². The monoisotopic (exact) mass is 504 g/mol. The first-order valence-corrected chi connectivity index (χ1v) is 12.8. The van der Waals surface area contributed by atoms with Gasteiger partial charge >= 0.3 is 6.08 Å². The Balaban J connectivity index is 1.34. The summed E-state index contributed by atoms with van der Waals surface area (Å²) in [6.07, 6.45) is 6.04. The lowest BCUT2D eigenvalue weighted by molar-refractivity contribution is -0.109. The number of ether oxygens (including phenoxy) is 1. The Morgan fingerprint density at radius 2 is 2.05 bits per heavy atom. The number of carbonyl (C=O) groups is 1. The largest absolute Gasteiger partial charge is 0.493 e. The molecule has 2 N–H and O–H groups in total. The van der Waals surface area contributed by atoms with Crippen molar-refractivity contribution in [3.8, 4) is 17.1 Å². The molecular weight excluding hydrogens is 475 g/mol. The number of anilines is 1. The summed E-state index contributed by atoms with van der Waals surface area (Å²) in [5.74, 6) is 2.93. The molecule has 0 saturated carbocycles. The van der Waals surface area contributed by atoms with Crippen LogP contribution in [0.15, 0.2) is 34.9 Å². The standard InChI is InChI=1S/C27H29FN6O3/c28-27-31-25(29)24-26(32-27)34(9-5-17-3-7-33(8-4-17)10-11-35)23(30-24)16-19-15-22-18(6-13-37-22)14-20(19)21-2-1-12-36-21/h1-2,11-12,14-15,17H,3-10,13,16H2,(H2,29,31,32). The van der Waals surface area contributed by atoms with Crippen LogP contribution in [0, 0.1) is 12.0 Å². The third-order valence-electron chi connectivity index (χ3n) is 7.52. The molecule has 10 heteroatoms. The molecule has 6 rings (SSSR count). The Morgan fingerprint density at radius 1 is 1.19 bits per heavy atom. The van der Waals surface area contributed by atoms with Crippen LogP contribution in [0.5, 0.6) is 5.75 Å². The minimum absolute atomic E-state index is 0.0354. The molecule has 1 aromatic carbocycles. The molecule has 5 heterocycles. The highest BCUT2D eigenvalue weighted by atomic mass is 19.1. The number of nitrogens with two attached hydrogens (primary N) is 1. The topological polar surface area (TPSA) is 112 Å². The second-order valence-corrected chi connectivity index (χ2v) is 9.80. The maximum atomic E-state index is 14.2. The summed E-state index contributed by atoms with van der Waals surface area (Å²) in [5, 5.41) is 0. The maximum Gasteiger partial charge on any atom is 0.312 e. The molecule has 4 aromatic rings. The first-order valence-electron chi connectivity index (χ1n) is 12.8. The SMILES string of the molecule is Nc1nc(F)nc2c1nc(Cc1cc3c(cc1-c1ccco1)CCO3)n2CCC1CCN(CC=O)CC1. The van der Waals surface area contributed by atoms with Crippen molar-refractivity contribution in [2.45, 2.75) is 38.6 Å². The van der Waals surface area contributed by atoms with Crippen molar-refractivity contribution >= 4 is 23.3 Å². The van der Waals surface area contributed by atoms with Gasteiger partial charge in [0.15, 0.2) is 17.0 Å². The number of likely N-dealkylation sites (tertiary alicyclic amines) is 1. The number of halogens is 1. The van der Waals surface area contributed by atoms with E-state index < -0.39 is 6.08 Å². The number of hydrogen-bond donors (Lipinski definition) is 1. The normalized spacial score (nSPS) is 16.2. The van der Waals surface area contributed by atoms with Crippen molar-refractivity contribution in [1.29, 1.82) is 0 Å². The fourth-order valence-corrected chi connectivity index (χ4v) is 5.53. The number of aryl methyl sites for hydroxylation is 1. The van der Waals surface area contributed by atoms with Crippen molar-refractivity contribution in [2.24, 2.45) is 5.92 Å². The van der Waals surface area contributed by atoms with Crippen molar-refractivity contribution < 1.29 is 18.3 Å². The van der Waals surface area contributed by atoms with E-state index in [-0.39, 0.29) is 5.82 Å². The molecule has 0 unspecified atom stereocenters. The van der Waals surface area contributed by atoms with Crippen LogP contribution >= 0.6 is 0 Å².